The Kier molecular flexibility index (Phi) is 7.07. The van der Waals surface area contributed by atoms with Gasteiger partial charge in [0.25, 0.3) is 5.91 Å². The summed E-state index contributed by atoms with van der Waals surface area (Å²) < 4.78 is 18.4. The number of methoxy groups -OCH3 is 3. The van der Waals surface area contributed by atoms with Crippen LogP contribution in [-0.2, 0) is 6.54 Å². The molecular formula is C26H32N4O4. The maximum atomic E-state index is 13.1. The van der Waals surface area contributed by atoms with E-state index in [-0.39, 0.29) is 5.91 Å². The molecule has 1 fully saturated rings. The van der Waals surface area contributed by atoms with E-state index in [9.17, 15) is 4.79 Å². The molecule has 4 rings (SSSR count). The third-order valence-electron chi connectivity index (χ3n) is 6.21. The Morgan fingerprint density at radius 2 is 1.56 bits per heavy atom. The number of piperazine rings is 1. The van der Waals surface area contributed by atoms with Crippen LogP contribution in [0, 0.1) is 13.8 Å². The monoisotopic (exact) mass is 464 g/mol. The SMILES string of the molecule is COc1ccc(CN2CCN(C(=O)c3ccc(-n4nc(C)cc4C)cc3)CC2)c(OC)c1OC. The van der Waals surface area contributed by atoms with Gasteiger partial charge in [-0.25, -0.2) is 4.68 Å². The standard InChI is InChI=1S/C26H32N4O4/c1-18-16-19(2)30(27-18)22-9-6-20(7-10-22)26(31)29-14-12-28(13-15-29)17-21-8-11-23(32-3)25(34-5)24(21)33-4/h6-11,16H,12-15,17H2,1-5H3. The molecule has 2 aromatic carbocycles. The number of carbonyl (C=O) groups is 1. The Labute approximate surface area is 200 Å². The van der Waals surface area contributed by atoms with Gasteiger partial charge in [-0.15, -0.1) is 0 Å². The number of carbonyl (C=O) groups excluding carboxylic acids is 1. The lowest BCUT2D eigenvalue weighted by molar-refractivity contribution is 0.0627. The fraction of sp³-hybridized carbons (Fsp3) is 0.385. The van der Waals surface area contributed by atoms with Crippen LogP contribution in [0.5, 0.6) is 17.2 Å². The third kappa shape index (κ3) is 4.72. The third-order valence-corrected chi connectivity index (χ3v) is 6.21. The van der Waals surface area contributed by atoms with Gasteiger partial charge in [0.05, 0.1) is 32.7 Å². The number of rotatable bonds is 7. The molecule has 0 atom stereocenters. The summed E-state index contributed by atoms with van der Waals surface area (Å²) in [6.07, 6.45) is 0. The highest BCUT2D eigenvalue weighted by atomic mass is 16.5. The Balaban J connectivity index is 1.38. The van der Waals surface area contributed by atoms with Gasteiger partial charge in [0.2, 0.25) is 5.75 Å². The van der Waals surface area contributed by atoms with Crippen molar-refractivity contribution in [2.75, 3.05) is 47.5 Å². The largest absolute Gasteiger partial charge is 0.493 e. The van der Waals surface area contributed by atoms with Crippen molar-refractivity contribution >= 4 is 5.91 Å². The highest BCUT2D eigenvalue weighted by Gasteiger charge is 2.24. The molecule has 1 aliphatic heterocycles. The minimum atomic E-state index is 0.0586. The van der Waals surface area contributed by atoms with Crippen LogP contribution < -0.4 is 14.2 Å². The zero-order valence-electron chi connectivity index (χ0n) is 20.5. The maximum absolute atomic E-state index is 13.1. The normalized spacial score (nSPS) is 14.2. The molecule has 0 unspecified atom stereocenters. The number of amides is 1. The van der Waals surface area contributed by atoms with Crippen molar-refractivity contribution in [1.29, 1.82) is 0 Å². The van der Waals surface area contributed by atoms with Gasteiger partial charge in [-0.1, -0.05) is 6.07 Å². The molecule has 1 aliphatic rings. The summed E-state index contributed by atoms with van der Waals surface area (Å²) in [6.45, 7) is 7.63. The van der Waals surface area contributed by atoms with E-state index in [1.807, 2.05) is 65.9 Å². The number of nitrogens with zero attached hydrogens (tertiary/aromatic N) is 4. The molecule has 1 aromatic heterocycles. The van der Waals surface area contributed by atoms with Crippen LogP contribution in [0.4, 0.5) is 0 Å². The molecule has 8 nitrogen and oxygen atoms in total. The first-order valence-corrected chi connectivity index (χ1v) is 11.4. The summed E-state index contributed by atoms with van der Waals surface area (Å²) in [7, 11) is 4.86. The van der Waals surface area contributed by atoms with E-state index in [1.165, 1.54) is 0 Å². The van der Waals surface area contributed by atoms with Gasteiger partial charge in [0.15, 0.2) is 11.5 Å². The number of aryl methyl sites for hydroxylation is 2. The zero-order valence-corrected chi connectivity index (χ0v) is 20.5. The molecule has 0 bridgehead atoms. The van der Waals surface area contributed by atoms with Crippen LogP contribution in [0.1, 0.15) is 27.3 Å². The lowest BCUT2D eigenvalue weighted by atomic mass is 10.1. The molecule has 0 N–H and O–H groups in total. The van der Waals surface area contributed by atoms with Crippen molar-refractivity contribution in [2.45, 2.75) is 20.4 Å². The first-order valence-electron chi connectivity index (χ1n) is 11.4. The summed E-state index contributed by atoms with van der Waals surface area (Å²) in [5, 5.41) is 4.51. The van der Waals surface area contributed by atoms with Crippen LogP contribution in [0.2, 0.25) is 0 Å². The van der Waals surface area contributed by atoms with E-state index in [1.54, 1.807) is 21.3 Å². The lowest BCUT2D eigenvalue weighted by Crippen LogP contribution is -2.48. The molecule has 0 radical (unpaired) electrons. The highest BCUT2D eigenvalue weighted by Crippen LogP contribution is 2.40. The van der Waals surface area contributed by atoms with Crippen LogP contribution >= 0.6 is 0 Å². The molecule has 3 aromatic rings. The highest BCUT2D eigenvalue weighted by molar-refractivity contribution is 5.94. The van der Waals surface area contributed by atoms with Gasteiger partial charge < -0.3 is 19.1 Å². The number of aromatic nitrogens is 2. The summed E-state index contributed by atoms with van der Waals surface area (Å²) in [6, 6.07) is 13.6. The fourth-order valence-electron chi connectivity index (χ4n) is 4.46. The summed E-state index contributed by atoms with van der Waals surface area (Å²) >= 11 is 0. The van der Waals surface area contributed by atoms with Crippen molar-refractivity contribution in [3.8, 4) is 22.9 Å². The van der Waals surface area contributed by atoms with Gasteiger partial charge in [-0.3, -0.25) is 9.69 Å². The van der Waals surface area contributed by atoms with E-state index in [0.717, 1.165) is 35.7 Å². The average Bonchev–Trinajstić information content (AvgIpc) is 3.21. The van der Waals surface area contributed by atoms with Crippen molar-refractivity contribution < 1.29 is 19.0 Å². The van der Waals surface area contributed by atoms with Crippen LogP contribution in [-0.4, -0.2) is 73.0 Å². The zero-order chi connectivity index (χ0) is 24.2. The quantitative estimate of drug-likeness (QED) is 0.533. The molecule has 1 saturated heterocycles. The van der Waals surface area contributed by atoms with E-state index >= 15 is 0 Å². The first-order chi connectivity index (χ1) is 16.4. The second kappa shape index (κ2) is 10.2. The fourth-order valence-corrected chi connectivity index (χ4v) is 4.46. The molecule has 8 heteroatoms. The van der Waals surface area contributed by atoms with E-state index in [2.05, 4.69) is 10.00 Å². The minimum absolute atomic E-state index is 0.0586. The van der Waals surface area contributed by atoms with Crippen molar-refractivity contribution in [3.05, 3.63) is 65.0 Å². The molecule has 180 valence electrons. The first kappa shape index (κ1) is 23.6. The van der Waals surface area contributed by atoms with Gasteiger partial charge in [-0.05, 0) is 50.2 Å². The lowest BCUT2D eigenvalue weighted by Gasteiger charge is -2.35. The van der Waals surface area contributed by atoms with Gasteiger partial charge in [0.1, 0.15) is 0 Å². The van der Waals surface area contributed by atoms with Crippen molar-refractivity contribution in [2.24, 2.45) is 0 Å². The Bertz CT molecular complexity index is 1150. The molecule has 0 saturated carbocycles. The Morgan fingerprint density at radius 1 is 0.882 bits per heavy atom. The number of hydrogen-bond acceptors (Lipinski definition) is 6. The molecule has 0 aliphatic carbocycles. The summed E-state index contributed by atoms with van der Waals surface area (Å²) in [5.74, 6) is 1.98. The molecule has 2 heterocycles. The van der Waals surface area contributed by atoms with Crippen molar-refractivity contribution in [3.63, 3.8) is 0 Å². The number of benzene rings is 2. The molecule has 34 heavy (non-hydrogen) atoms. The second-order valence-corrected chi connectivity index (χ2v) is 8.45. The van der Waals surface area contributed by atoms with Gasteiger partial charge in [-0.2, -0.15) is 5.10 Å². The van der Waals surface area contributed by atoms with Gasteiger partial charge >= 0.3 is 0 Å². The Hall–Kier alpha value is -3.52. The second-order valence-electron chi connectivity index (χ2n) is 8.45. The van der Waals surface area contributed by atoms with Crippen LogP contribution in [0.3, 0.4) is 0 Å². The molecule has 1 amide bonds. The average molecular weight is 465 g/mol. The number of ether oxygens (including phenoxy) is 3. The van der Waals surface area contributed by atoms with E-state index in [4.69, 9.17) is 14.2 Å². The minimum Gasteiger partial charge on any atom is -0.493 e. The predicted octanol–water partition coefficient (Wildman–Crippen LogP) is 3.47. The molecular weight excluding hydrogens is 432 g/mol. The smallest absolute Gasteiger partial charge is 0.253 e. The Morgan fingerprint density at radius 3 is 2.12 bits per heavy atom. The van der Waals surface area contributed by atoms with Crippen LogP contribution in [0.25, 0.3) is 5.69 Å². The summed E-state index contributed by atoms with van der Waals surface area (Å²) in [4.78, 5) is 17.3. The summed E-state index contributed by atoms with van der Waals surface area (Å²) in [5.41, 5.74) is 4.72. The number of hydrogen-bond donors (Lipinski definition) is 0. The molecule has 0 spiro atoms. The van der Waals surface area contributed by atoms with E-state index in [0.29, 0.717) is 42.4 Å². The van der Waals surface area contributed by atoms with E-state index < -0.39 is 0 Å². The topological polar surface area (TPSA) is 69.1 Å². The van der Waals surface area contributed by atoms with Crippen molar-refractivity contribution in [1.82, 2.24) is 19.6 Å². The van der Waals surface area contributed by atoms with Gasteiger partial charge in [0, 0.05) is 49.5 Å². The van der Waals surface area contributed by atoms with Crippen LogP contribution in [0.15, 0.2) is 42.5 Å². The predicted molar refractivity (Wildman–Crippen MR) is 130 cm³/mol. The maximum Gasteiger partial charge on any atom is 0.253 e.